The molecular formula is C26H24O9. The smallest absolute Gasteiger partial charge is 0.341 e. The molecule has 0 heterocycles. The molecular weight excluding hydrogens is 456 g/mol. The third kappa shape index (κ3) is 7.50. The molecule has 182 valence electrons. The molecule has 0 saturated carbocycles. The third-order valence-corrected chi connectivity index (χ3v) is 4.93. The van der Waals surface area contributed by atoms with Crippen LogP contribution in [0.5, 0.6) is 17.2 Å². The summed E-state index contributed by atoms with van der Waals surface area (Å²) >= 11 is 0. The molecule has 0 aliphatic heterocycles. The summed E-state index contributed by atoms with van der Waals surface area (Å²) < 4.78 is 16.5. The molecule has 0 aliphatic rings. The summed E-state index contributed by atoms with van der Waals surface area (Å²) in [5.41, 5.74) is 2.77. The van der Waals surface area contributed by atoms with Gasteiger partial charge in [0.1, 0.15) is 17.2 Å². The van der Waals surface area contributed by atoms with Crippen molar-refractivity contribution in [1.82, 2.24) is 0 Å². The van der Waals surface area contributed by atoms with Gasteiger partial charge in [-0.05, 0) is 34.4 Å². The highest BCUT2D eigenvalue weighted by atomic mass is 16.5. The Morgan fingerprint density at radius 2 is 0.886 bits per heavy atom. The van der Waals surface area contributed by atoms with Crippen LogP contribution in [0.4, 0.5) is 0 Å². The summed E-state index contributed by atoms with van der Waals surface area (Å²) in [7, 11) is 0. The van der Waals surface area contributed by atoms with Crippen molar-refractivity contribution in [1.29, 1.82) is 0 Å². The molecule has 0 radical (unpaired) electrons. The average Bonchev–Trinajstić information content (AvgIpc) is 2.82. The lowest BCUT2D eigenvalue weighted by Crippen LogP contribution is -2.13. The Labute approximate surface area is 201 Å². The molecule has 3 N–H and O–H groups in total. The van der Waals surface area contributed by atoms with Gasteiger partial charge in [-0.25, -0.2) is 14.4 Å². The van der Waals surface area contributed by atoms with E-state index in [-0.39, 0.29) is 0 Å². The summed E-state index contributed by atoms with van der Waals surface area (Å²) in [4.78, 5) is 33.1. The van der Waals surface area contributed by atoms with Crippen molar-refractivity contribution in [3.63, 3.8) is 0 Å². The highest BCUT2D eigenvalue weighted by Gasteiger charge is 2.16. The van der Waals surface area contributed by atoms with E-state index in [1.54, 1.807) is 66.7 Å². The van der Waals surface area contributed by atoms with Crippen molar-refractivity contribution < 1.29 is 43.9 Å². The molecule has 0 bridgehead atoms. The molecule has 3 aromatic rings. The SMILES string of the molecule is O=C(O)COc1ccccc1Cc1cccc(Cc2ccccc2OCC(=O)O)c1OCC(=O)O. The van der Waals surface area contributed by atoms with Crippen LogP contribution in [0.25, 0.3) is 0 Å². The molecule has 0 aliphatic carbocycles. The summed E-state index contributed by atoms with van der Waals surface area (Å²) in [6, 6.07) is 19.3. The van der Waals surface area contributed by atoms with Gasteiger partial charge in [0.15, 0.2) is 19.8 Å². The van der Waals surface area contributed by atoms with Crippen molar-refractivity contribution in [3.8, 4) is 17.2 Å². The van der Waals surface area contributed by atoms with E-state index in [1.807, 2.05) is 0 Å². The average molecular weight is 480 g/mol. The second kappa shape index (κ2) is 12.1. The predicted octanol–water partition coefficient (Wildman–Crippen LogP) is 3.26. The summed E-state index contributed by atoms with van der Waals surface area (Å²) in [5, 5.41) is 27.1. The molecule has 0 spiro atoms. The highest BCUT2D eigenvalue weighted by Crippen LogP contribution is 2.32. The molecule has 0 saturated heterocycles. The maximum absolute atomic E-state index is 11.2. The number of carboxylic acids is 3. The van der Waals surface area contributed by atoms with E-state index in [4.69, 9.17) is 24.4 Å². The topological polar surface area (TPSA) is 140 Å². The lowest BCUT2D eigenvalue weighted by Gasteiger charge is -2.17. The minimum absolute atomic E-state index is 0.301. The number of rotatable bonds is 13. The summed E-state index contributed by atoms with van der Waals surface area (Å²) in [6.07, 6.45) is 0.603. The first-order chi connectivity index (χ1) is 16.8. The Bertz CT molecular complexity index is 1120. The molecule has 3 rings (SSSR count). The van der Waals surface area contributed by atoms with Crippen LogP contribution in [0.3, 0.4) is 0 Å². The van der Waals surface area contributed by atoms with Crippen molar-refractivity contribution >= 4 is 17.9 Å². The number of ether oxygens (including phenoxy) is 3. The number of carboxylic acid groups (broad SMARTS) is 3. The fraction of sp³-hybridized carbons (Fsp3) is 0.192. The van der Waals surface area contributed by atoms with Crippen LogP contribution >= 0.6 is 0 Å². The normalized spacial score (nSPS) is 10.4. The summed E-state index contributed by atoms with van der Waals surface area (Å²) in [5.74, 6) is -2.17. The summed E-state index contributed by atoms with van der Waals surface area (Å²) in [6.45, 7) is -1.54. The molecule has 0 atom stereocenters. The van der Waals surface area contributed by atoms with Gasteiger partial charge in [0, 0.05) is 12.8 Å². The molecule has 0 fully saturated rings. The van der Waals surface area contributed by atoms with Gasteiger partial charge in [-0.1, -0.05) is 54.6 Å². The van der Waals surface area contributed by atoms with Crippen LogP contribution in [0.15, 0.2) is 66.7 Å². The first-order valence-corrected chi connectivity index (χ1v) is 10.6. The zero-order chi connectivity index (χ0) is 25.2. The van der Waals surface area contributed by atoms with Gasteiger partial charge in [-0.2, -0.15) is 0 Å². The van der Waals surface area contributed by atoms with Crippen LogP contribution in [-0.2, 0) is 27.2 Å². The zero-order valence-electron chi connectivity index (χ0n) is 18.7. The van der Waals surface area contributed by atoms with Crippen molar-refractivity contribution in [3.05, 3.63) is 89.0 Å². The number of carbonyl (C=O) groups is 3. The minimum atomic E-state index is -1.14. The fourth-order valence-electron chi connectivity index (χ4n) is 3.51. The number of benzene rings is 3. The first kappa shape index (κ1) is 25.1. The molecule has 9 heteroatoms. The maximum Gasteiger partial charge on any atom is 0.341 e. The van der Waals surface area contributed by atoms with E-state index in [0.29, 0.717) is 52.3 Å². The second-order valence-electron chi connectivity index (χ2n) is 7.52. The van der Waals surface area contributed by atoms with E-state index in [1.165, 1.54) is 0 Å². The van der Waals surface area contributed by atoms with Crippen LogP contribution in [0.2, 0.25) is 0 Å². The van der Waals surface area contributed by atoms with E-state index in [2.05, 4.69) is 0 Å². The van der Waals surface area contributed by atoms with Gasteiger partial charge in [0.05, 0.1) is 0 Å². The Morgan fingerprint density at radius 1 is 0.514 bits per heavy atom. The van der Waals surface area contributed by atoms with Gasteiger partial charge in [-0.3, -0.25) is 0 Å². The van der Waals surface area contributed by atoms with Crippen molar-refractivity contribution in [2.45, 2.75) is 12.8 Å². The minimum Gasteiger partial charge on any atom is -0.482 e. The van der Waals surface area contributed by atoms with E-state index in [9.17, 15) is 19.5 Å². The number of hydrogen-bond donors (Lipinski definition) is 3. The maximum atomic E-state index is 11.2. The van der Waals surface area contributed by atoms with Crippen molar-refractivity contribution in [2.24, 2.45) is 0 Å². The van der Waals surface area contributed by atoms with Gasteiger partial charge in [0.2, 0.25) is 0 Å². The van der Waals surface area contributed by atoms with Gasteiger partial charge in [0.25, 0.3) is 0 Å². The van der Waals surface area contributed by atoms with Gasteiger partial charge in [-0.15, -0.1) is 0 Å². The molecule has 0 unspecified atom stereocenters. The zero-order valence-corrected chi connectivity index (χ0v) is 18.7. The van der Waals surface area contributed by atoms with Crippen molar-refractivity contribution in [2.75, 3.05) is 19.8 Å². The number of aliphatic carboxylic acids is 3. The van der Waals surface area contributed by atoms with Crippen LogP contribution < -0.4 is 14.2 Å². The first-order valence-electron chi connectivity index (χ1n) is 10.6. The highest BCUT2D eigenvalue weighted by molar-refractivity contribution is 5.69. The fourth-order valence-corrected chi connectivity index (χ4v) is 3.51. The Kier molecular flexibility index (Phi) is 8.66. The van der Waals surface area contributed by atoms with Gasteiger partial charge >= 0.3 is 17.9 Å². The number of para-hydroxylation sites is 3. The largest absolute Gasteiger partial charge is 0.482 e. The van der Waals surface area contributed by atoms with E-state index >= 15 is 0 Å². The Hall–Kier alpha value is -4.53. The predicted molar refractivity (Wildman–Crippen MR) is 124 cm³/mol. The van der Waals surface area contributed by atoms with E-state index in [0.717, 1.165) is 0 Å². The standard InChI is InChI=1S/C26H24O9/c27-23(28)14-33-21-10-3-1-6-17(21)12-19-8-5-9-20(26(19)35-16-25(31)32)13-18-7-2-4-11-22(18)34-15-24(29)30/h1-11H,12-16H2,(H,27,28)(H,29,30)(H,31,32). The van der Waals surface area contributed by atoms with Crippen LogP contribution in [0.1, 0.15) is 22.3 Å². The molecule has 0 aromatic heterocycles. The number of hydrogen-bond acceptors (Lipinski definition) is 6. The molecule has 35 heavy (non-hydrogen) atoms. The van der Waals surface area contributed by atoms with Crippen LogP contribution in [0, 0.1) is 0 Å². The van der Waals surface area contributed by atoms with E-state index < -0.39 is 37.7 Å². The molecule has 0 amide bonds. The van der Waals surface area contributed by atoms with Crippen LogP contribution in [-0.4, -0.2) is 53.0 Å². The quantitative estimate of drug-likeness (QED) is 0.336. The Morgan fingerprint density at radius 3 is 1.31 bits per heavy atom. The monoisotopic (exact) mass is 480 g/mol. The molecule has 3 aromatic carbocycles. The lowest BCUT2D eigenvalue weighted by atomic mass is 9.96. The third-order valence-electron chi connectivity index (χ3n) is 4.93. The Balaban J connectivity index is 1.95. The lowest BCUT2D eigenvalue weighted by molar-refractivity contribution is -0.140. The van der Waals surface area contributed by atoms with Gasteiger partial charge < -0.3 is 29.5 Å². The molecule has 9 nitrogen and oxygen atoms in total. The second-order valence-corrected chi connectivity index (χ2v) is 7.52.